The quantitative estimate of drug-likeness (QED) is 0.464. The SMILES string of the molecule is CON(C)S(=O)(=O)c1ccc(Cl)c(C(=O)O[C@H](C)C(=O)N(C)CCC#N)c1. The molecule has 0 saturated heterocycles. The number of likely N-dealkylation sites (N-methyl/N-ethyl adjacent to an activating group) is 1. The van der Waals surface area contributed by atoms with Crippen LogP contribution in [0.3, 0.4) is 0 Å². The molecule has 1 amide bonds. The van der Waals surface area contributed by atoms with Crippen LogP contribution in [0.15, 0.2) is 23.1 Å². The van der Waals surface area contributed by atoms with Gasteiger partial charge in [-0.25, -0.2) is 13.2 Å². The molecule has 27 heavy (non-hydrogen) atoms. The Morgan fingerprint density at radius 3 is 2.52 bits per heavy atom. The molecular weight excluding hydrogens is 398 g/mol. The average molecular weight is 418 g/mol. The summed E-state index contributed by atoms with van der Waals surface area (Å²) in [5, 5.41) is 8.53. The predicted molar refractivity (Wildman–Crippen MR) is 96.2 cm³/mol. The maximum atomic E-state index is 12.4. The highest BCUT2D eigenvalue weighted by molar-refractivity contribution is 7.89. The number of hydrogen-bond donors (Lipinski definition) is 0. The van der Waals surface area contributed by atoms with Crippen molar-refractivity contribution in [3.63, 3.8) is 0 Å². The van der Waals surface area contributed by atoms with Gasteiger partial charge in [0.15, 0.2) is 6.10 Å². The Morgan fingerprint density at radius 2 is 1.96 bits per heavy atom. The minimum Gasteiger partial charge on any atom is -0.449 e. The maximum Gasteiger partial charge on any atom is 0.340 e. The summed E-state index contributed by atoms with van der Waals surface area (Å²) in [4.78, 5) is 30.2. The lowest BCUT2D eigenvalue weighted by atomic mass is 10.2. The first-order valence-corrected chi connectivity index (χ1v) is 9.53. The van der Waals surface area contributed by atoms with Gasteiger partial charge in [-0.15, -0.1) is 0 Å². The molecule has 0 radical (unpaired) electrons. The number of sulfonamides is 1. The molecule has 0 N–H and O–H groups in total. The van der Waals surface area contributed by atoms with Crippen molar-refractivity contribution < 1.29 is 27.6 Å². The summed E-state index contributed by atoms with van der Waals surface area (Å²) in [5.74, 6) is -1.45. The molecular formula is C16H20ClN3O6S. The van der Waals surface area contributed by atoms with Gasteiger partial charge in [0.05, 0.1) is 35.1 Å². The Balaban J connectivity index is 3.03. The Hall–Kier alpha value is -2.19. The molecule has 0 aliphatic heterocycles. The summed E-state index contributed by atoms with van der Waals surface area (Å²) < 4.78 is 30.3. The van der Waals surface area contributed by atoms with Gasteiger partial charge in [-0.2, -0.15) is 5.26 Å². The first-order chi connectivity index (χ1) is 12.6. The van der Waals surface area contributed by atoms with E-state index < -0.39 is 28.0 Å². The van der Waals surface area contributed by atoms with E-state index in [-0.39, 0.29) is 28.4 Å². The second-order valence-electron chi connectivity index (χ2n) is 5.45. The molecule has 1 aromatic carbocycles. The maximum absolute atomic E-state index is 12.4. The van der Waals surface area contributed by atoms with Crippen molar-refractivity contribution in [2.24, 2.45) is 0 Å². The largest absolute Gasteiger partial charge is 0.449 e. The van der Waals surface area contributed by atoms with E-state index in [9.17, 15) is 18.0 Å². The third kappa shape index (κ3) is 5.64. The lowest BCUT2D eigenvalue weighted by molar-refractivity contribution is -0.138. The van der Waals surface area contributed by atoms with E-state index in [4.69, 9.17) is 21.6 Å². The molecule has 0 unspecified atom stereocenters. The minimum absolute atomic E-state index is 0.0310. The van der Waals surface area contributed by atoms with Crippen LogP contribution in [0, 0.1) is 11.3 Å². The van der Waals surface area contributed by atoms with Gasteiger partial charge in [-0.3, -0.25) is 9.63 Å². The number of halogens is 1. The highest BCUT2D eigenvalue weighted by Gasteiger charge is 2.26. The number of nitrogens with zero attached hydrogens (tertiary/aromatic N) is 3. The van der Waals surface area contributed by atoms with E-state index in [1.807, 2.05) is 6.07 Å². The summed E-state index contributed by atoms with van der Waals surface area (Å²) in [7, 11) is -0.141. The van der Waals surface area contributed by atoms with Crippen LogP contribution in [0.2, 0.25) is 5.02 Å². The van der Waals surface area contributed by atoms with Crippen molar-refractivity contribution in [3.05, 3.63) is 28.8 Å². The highest BCUT2D eigenvalue weighted by Crippen LogP contribution is 2.23. The average Bonchev–Trinajstić information content (AvgIpc) is 2.64. The first-order valence-electron chi connectivity index (χ1n) is 7.71. The van der Waals surface area contributed by atoms with Crippen molar-refractivity contribution in [1.29, 1.82) is 5.26 Å². The molecule has 0 saturated carbocycles. The molecule has 0 aromatic heterocycles. The first kappa shape index (κ1) is 22.9. The molecule has 0 spiro atoms. The lowest BCUT2D eigenvalue weighted by Gasteiger charge is -2.21. The van der Waals surface area contributed by atoms with Crippen molar-refractivity contribution >= 4 is 33.5 Å². The summed E-state index contributed by atoms with van der Waals surface area (Å²) in [6.45, 7) is 1.56. The highest BCUT2D eigenvalue weighted by atomic mass is 35.5. The van der Waals surface area contributed by atoms with Crippen LogP contribution < -0.4 is 0 Å². The van der Waals surface area contributed by atoms with Crippen LogP contribution in [-0.4, -0.2) is 63.5 Å². The number of carbonyl (C=O) groups excluding carboxylic acids is 2. The summed E-state index contributed by atoms with van der Waals surface area (Å²) in [5.41, 5.74) is -0.207. The van der Waals surface area contributed by atoms with Gasteiger partial charge in [0.1, 0.15) is 0 Å². The third-order valence-corrected chi connectivity index (χ3v) is 5.62. The normalized spacial score (nSPS) is 12.3. The number of hydroxylamine groups is 1. The topological polar surface area (TPSA) is 117 Å². The van der Waals surface area contributed by atoms with Crippen molar-refractivity contribution in [2.75, 3.05) is 27.7 Å². The molecule has 0 fully saturated rings. The lowest BCUT2D eigenvalue weighted by Crippen LogP contribution is -2.38. The van der Waals surface area contributed by atoms with E-state index in [0.717, 1.165) is 6.07 Å². The molecule has 148 valence electrons. The van der Waals surface area contributed by atoms with Gasteiger partial charge in [-0.1, -0.05) is 16.1 Å². The Kier molecular flexibility index (Phi) is 8.18. The Morgan fingerprint density at radius 1 is 1.33 bits per heavy atom. The molecule has 0 aliphatic carbocycles. The Bertz CT molecular complexity index is 852. The zero-order chi connectivity index (χ0) is 20.8. The number of benzene rings is 1. The fourth-order valence-corrected chi connectivity index (χ4v) is 3.18. The van der Waals surface area contributed by atoms with Gasteiger partial charge in [0.25, 0.3) is 15.9 Å². The standard InChI is InChI=1S/C16H20ClN3O6S/c1-11(15(21)19(2)9-5-8-18)26-16(22)13-10-12(6-7-14(13)17)27(23,24)20(3)25-4/h6-7,10-11H,5,9H2,1-4H3/t11-/m1/s1. The zero-order valence-electron chi connectivity index (χ0n) is 15.3. The van der Waals surface area contributed by atoms with Crippen molar-refractivity contribution in [1.82, 2.24) is 9.37 Å². The molecule has 11 heteroatoms. The van der Waals surface area contributed by atoms with Crippen LogP contribution in [0.1, 0.15) is 23.7 Å². The second-order valence-corrected chi connectivity index (χ2v) is 7.80. The van der Waals surface area contributed by atoms with Gasteiger partial charge in [-0.05, 0) is 25.1 Å². The third-order valence-electron chi connectivity index (χ3n) is 3.62. The zero-order valence-corrected chi connectivity index (χ0v) is 16.9. The van der Waals surface area contributed by atoms with E-state index in [1.54, 1.807) is 0 Å². The molecule has 1 rings (SSSR count). The number of nitriles is 1. The van der Waals surface area contributed by atoms with Crippen molar-refractivity contribution in [3.8, 4) is 6.07 Å². The van der Waals surface area contributed by atoms with Gasteiger partial charge >= 0.3 is 5.97 Å². The minimum atomic E-state index is -3.99. The van der Waals surface area contributed by atoms with E-state index in [1.165, 1.54) is 45.2 Å². The molecule has 0 heterocycles. The van der Waals surface area contributed by atoms with Gasteiger partial charge in [0, 0.05) is 20.6 Å². The second kappa shape index (κ2) is 9.66. The van der Waals surface area contributed by atoms with Crippen LogP contribution in [0.25, 0.3) is 0 Å². The summed E-state index contributed by atoms with van der Waals surface area (Å²) >= 11 is 5.98. The predicted octanol–water partition coefficient (Wildman–Crippen LogP) is 1.44. The Labute approximate surface area is 163 Å². The van der Waals surface area contributed by atoms with Crippen LogP contribution >= 0.6 is 11.6 Å². The fraction of sp³-hybridized carbons (Fsp3) is 0.438. The van der Waals surface area contributed by atoms with Crippen molar-refractivity contribution in [2.45, 2.75) is 24.3 Å². The molecule has 1 aromatic rings. The van der Waals surface area contributed by atoms with Crippen LogP contribution in [0.5, 0.6) is 0 Å². The van der Waals surface area contributed by atoms with E-state index in [0.29, 0.717) is 4.47 Å². The van der Waals surface area contributed by atoms with Crippen LogP contribution in [0.4, 0.5) is 0 Å². The smallest absolute Gasteiger partial charge is 0.340 e. The van der Waals surface area contributed by atoms with E-state index in [2.05, 4.69) is 4.84 Å². The number of ether oxygens (including phenoxy) is 1. The molecule has 0 bridgehead atoms. The number of amides is 1. The number of carbonyl (C=O) groups is 2. The molecule has 9 nitrogen and oxygen atoms in total. The summed E-state index contributed by atoms with van der Waals surface area (Å²) in [6, 6.07) is 5.41. The monoisotopic (exact) mass is 417 g/mol. The molecule has 0 aliphatic rings. The fourth-order valence-electron chi connectivity index (χ4n) is 1.98. The van der Waals surface area contributed by atoms with E-state index >= 15 is 0 Å². The number of esters is 1. The van der Waals surface area contributed by atoms with Gasteiger partial charge in [0.2, 0.25) is 0 Å². The van der Waals surface area contributed by atoms with Gasteiger partial charge < -0.3 is 9.64 Å². The van der Waals surface area contributed by atoms with Crippen LogP contribution in [-0.2, 0) is 24.4 Å². The summed E-state index contributed by atoms with van der Waals surface area (Å²) in [6.07, 6.45) is -0.999. The number of hydrogen-bond acceptors (Lipinski definition) is 7. The molecule has 1 atom stereocenters. The number of rotatable bonds is 8.